The van der Waals surface area contributed by atoms with E-state index >= 15 is 0 Å². The molecule has 2 aromatic rings. The number of halogens is 1. The van der Waals surface area contributed by atoms with Gasteiger partial charge < -0.3 is 0 Å². The number of hydrogen-bond donors (Lipinski definition) is 0. The molecule has 14 heavy (non-hydrogen) atoms. The topological polar surface area (TPSA) is 30.2 Å². The van der Waals surface area contributed by atoms with E-state index in [2.05, 4.69) is 23.9 Å². The summed E-state index contributed by atoms with van der Waals surface area (Å²) in [5, 5.41) is 4.79. The van der Waals surface area contributed by atoms with Gasteiger partial charge in [0.15, 0.2) is 5.65 Å². The smallest absolute Gasteiger partial charge is 0.174 e. The first-order valence-corrected chi connectivity index (χ1v) is 4.97. The molecule has 0 radical (unpaired) electrons. The number of fused-ring (bicyclic) bond motifs is 1. The lowest BCUT2D eigenvalue weighted by Gasteiger charge is -2.11. The molecule has 0 aliphatic rings. The Kier molecular flexibility index (Phi) is 2.19. The Labute approximate surface area is 87.7 Å². The van der Waals surface area contributed by atoms with Gasteiger partial charge in [-0.15, -0.1) is 0 Å². The molecule has 0 N–H and O–H groups in total. The van der Waals surface area contributed by atoms with Crippen molar-refractivity contribution in [3.05, 3.63) is 28.7 Å². The van der Waals surface area contributed by atoms with Crippen molar-refractivity contribution in [3.8, 4) is 0 Å². The summed E-state index contributed by atoms with van der Waals surface area (Å²) in [4.78, 5) is 4.10. The highest BCUT2D eigenvalue weighted by Gasteiger charge is 2.12. The predicted molar refractivity (Wildman–Crippen MR) is 56.8 cm³/mol. The van der Waals surface area contributed by atoms with Crippen LogP contribution >= 0.6 is 11.6 Å². The van der Waals surface area contributed by atoms with E-state index in [0.717, 1.165) is 11.2 Å². The lowest BCUT2D eigenvalue weighted by atomic mass is 10.0. The third-order valence-corrected chi connectivity index (χ3v) is 2.87. The number of hydrogen-bond acceptors (Lipinski definition) is 2. The van der Waals surface area contributed by atoms with Crippen molar-refractivity contribution in [3.63, 3.8) is 0 Å². The second kappa shape index (κ2) is 3.24. The van der Waals surface area contributed by atoms with Gasteiger partial charge in [-0.25, -0.2) is 9.50 Å². The van der Waals surface area contributed by atoms with Crippen molar-refractivity contribution in [2.24, 2.45) is 0 Å². The Balaban J connectivity index is 2.80. The van der Waals surface area contributed by atoms with Crippen LogP contribution in [0.25, 0.3) is 5.65 Å². The zero-order valence-electron chi connectivity index (χ0n) is 8.45. The maximum atomic E-state index is 6.19. The molecule has 0 bridgehead atoms. The molecule has 3 nitrogen and oxygen atoms in total. The molecule has 2 heterocycles. The zero-order valence-corrected chi connectivity index (χ0v) is 9.21. The molecule has 2 aromatic heterocycles. The summed E-state index contributed by atoms with van der Waals surface area (Å²) in [7, 11) is 0. The van der Waals surface area contributed by atoms with E-state index in [1.54, 1.807) is 4.52 Å². The van der Waals surface area contributed by atoms with E-state index in [-0.39, 0.29) is 0 Å². The van der Waals surface area contributed by atoms with Gasteiger partial charge in [0, 0.05) is 6.20 Å². The highest BCUT2D eigenvalue weighted by atomic mass is 35.5. The summed E-state index contributed by atoms with van der Waals surface area (Å²) in [6.07, 6.45) is 3.51. The van der Waals surface area contributed by atoms with Crippen LogP contribution in [0.2, 0.25) is 5.02 Å². The number of rotatable bonds is 1. The number of nitrogens with zero attached hydrogens (tertiary/aromatic N) is 3. The van der Waals surface area contributed by atoms with E-state index in [1.807, 2.05) is 13.1 Å². The van der Waals surface area contributed by atoms with Gasteiger partial charge in [0.2, 0.25) is 0 Å². The van der Waals surface area contributed by atoms with Crippen LogP contribution in [0.3, 0.4) is 0 Å². The normalized spacial score (nSPS) is 11.5. The lowest BCUT2D eigenvalue weighted by molar-refractivity contribution is 0.825. The second-order valence-electron chi connectivity index (χ2n) is 3.71. The minimum atomic E-state index is 0.445. The summed E-state index contributed by atoms with van der Waals surface area (Å²) in [6.45, 7) is 6.30. The molecule has 0 unspecified atom stereocenters. The number of aromatic nitrogens is 3. The van der Waals surface area contributed by atoms with Crippen LogP contribution in [0.15, 0.2) is 12.5 Å². The van der Waals surface area contributed by atoms with Gasteiger partial charge in [-0.1, -0.05) is 25.4 Å². The second-order valence-corrected chi connectivity index (χ2v) is 4.08. The molecule has 0 spiro atoms. The Hall–Kier alpha value is -1.09. The van der Waals surface area contributed by atoms with E-state index < -0.39 is 0 Å². The summed E-state index contributed by atoms with van der Waals surface area (Å²) >= 11 is 6.19. The third kappa shape index (κ3) is 1.28. The van der Waals surface area contributed by atoms with Crippen molar-refractivity contribution in [2.45, 2.75) is 26.7 Å². The van der Waals surface area contributed by atoms with Crippen LogP contribution in [-0.4, -0.2) is 14.6 Å². The molecule has 4 heteroatoms. The molecule has 0 atom stereocenters. The van der Waals surface area contributed by atoms with Crippen LogP contribution in [0.1, 0.15) is 30.9 Å². The van der Waals surface area contributed by atoms with E-state index in [4.69, 9.17) is 11.6 Å². The quantitative estimate of drug-likeness (QED) is 0.723. The van der Waals surface area contributed by atoms with Crippen LogP contribution < -0.4 is 0 Å². The van der Waals surface area contributed by atoms with Crippen molar-refractivity contribution < 1.29 is 0 Å². The summed E-state index contributed by atoms with van der Waals surface area (Å²) < 4.78 is 1.73. The highest BCUT2D eigenvalue weighted by molar-refractivity contribution is 6.34. The van der Waals surface area contributed by atoms with Gasteiger partial charge in [-0.3, -0.25) is 0 Å². The predicted octanol–water partition coefficient (Wildman–Crippen LogP) is 2.81. The minimum Gasteiger partial charge on any atom is -0.219 e. The van der Waals surface area contributed by atoms with Crippen molar-refractivity contribution >= 4 is 17.2 Å². The fourth-order valence-corrected chi connectivity index (χ4v) is 1.85. The van der Waals surface area contributed by atoms with Crippen molar-refractivity contribution in [1.82, 2.24) is 14.6 Å². The first-order chi connectivity index (χ1) is 6.61. The van der Waals surface area contributed by atoms with Crippen LogP contribution in [0.5, 0.6) is 0 Å². The molecule has 0 aliphatic heterocycles. The molecule has 74 valence electrons. The van der Waals surface area contributed by atoms with Crippen LogP contribution in [0, 0.1) is 6.92 Å². The largest absolute Gasteiger partial charge is 0.219 e. The van der Waals surface area contributed by atoms with E-state index in [9.17, 15) is 0 Å². The van der Waals surface area contributed by atoms with Crippen LogP contribution in [0.4, 0.5) is 0 Å². The summed E-state index contributed by atoms with van der Waals surface area (Å²) in [5.41, 5.74) is 3.05. The van der Waals surface area contributed by atoms with Gasteiger partial charge >= 0.3 is 0 Å². The van der Waals surface area contributed by atoms with E-state index in [0.29, 0.717) is 10.9 Å². The van der Waals surface area contributed by atoms with Gasteiger partial charge in [-0.2, -0.15) is 5.10 Å². The fraction of sp³-hybridized carbons (Fsp3) is 0.400. The minimum absolute atomic E-state index is 0.445. The molecule has 0 saturated heterocycles. The van der Waals surface area contributed by atoms with Crippen LogP contribution in [-0.2, 0) is 0 Å². The fourth-order valence-electron chi connectivity index (χ4n) is 1.61. The maximum absolute atomic E-state index is 6.19. The highest BCUT2D eigenvalue weighted by Crippen LogP contribution is 2.27. The lowest BCUT2D eigenvalue weighted by Crippen LogP contribution is -1.99. The van der Waals surface area contributed by atoms with Gasteiger partial charge in [-0.05, 0) is 24.0 Å². The SMILES string of the molecule is Cc1c(C(C)C)cn2ncnc2c1Cl. The molecule has 0 aliphatic carbocycles. The molecule has 0 saturated carbocycles. The Bertz CT molecular complexity index is 473. The molecular weight excluding hydrogens is 198 g/mol. The monoisotopic (exact) mass is 209 g/mol. The molecular formula is C10H12ClN3. The first-order valence-electron chi connectivity index (χ1n) is 4.59. The van der Waals surface area contributed by atoms with E-state index in [1.165, 1.54) is 11.9 Å². The van der Waals surface area contributed by atoms with Crippen molar-refractivity contribution in [2.75, 3.05) is 0 Å². The third-order valence-electron chi connectivity index (χ3n) is 2.42. The first kappa shape index (κ1) is 9.46. The number of pyridine rings is 1. The Morgan fingerprint density at radius 2 is 2.14 bits per heavy atom. The summed E-state index contributed by atoms with van der Waals surface area (Å²) in [5.74, 6) is 0.445. The Morgan fingerprint density at radius 1 is 1.43 bits per heavy atom. The molecule has 0 aromatic carbocycles. The van der Waals surface area contributed by atoms with Gasteiger partial charge in [0.05, 0.1) is 5.02 Å². The standard InChI is InChI=1S/C10H12ClN3/c1-6(2)8-4-14-10(12-5-13-14)9(11)7(8)3/h4-6H,1-3H3. The molecule has 0 amide bonds. The van der Waals surface area contributed by atoms with Gasteiger partial charge in [0.1, 0.15) is 6.33 Å². The van der Waals surface area contributed by atoms with Gasteiger partial charge in [0.25, 0.3) is 0 Å². The summed E-state index contributed by atoms with van der Waals surface area (Å²) in [6, 6.07) is 0. The molecule has 2 rings (SSSR count). The van der Waals surface area contributed by atoms with Crippen molar-refractivity contribution in [1.29, 1.82) is 0 Å². The average molecular weight is 210 g/mol. The average Bonchev–Trinajstić information content (AvgIpc) is 2.58. The molecule has 0 fully saturated rings. The Morgan fingerprint density at radius 3 is 2.79 bits per heavy atom. The maximum Gasteiger partial charge on any atom is 0.174 e. The zero-order chi connectivity index (χ0) is 10.3.